The highest BCUT2D eigenvalue weighted by Gasteiger charge is 2.27. The van der Waals surface area contributed by atoms with E-state index >= 15 is 0 Å². The molecule has 0 aliphatic carbocycles. The second-order valence-corrected chi connectivity index (χ2v) is 8.91. The van der Waals surface area contributed by atoms with Gasteiger partial charge in [-0.15, -0.1) is 11.3 Å². The smallest absolute Gasteiger partial charge is 0.268 e. The maximum absolute atomic E-state index is 13.0. The maximum atomic E-state index is 13.0. The first kappa shape index (κ1) is 20.6. The van der Waals surface area contributed by atoms with Crippen LogP contribution in [0.4, 0.5) is 0 Å². The molecular weight excluding hydrogens is 394 g/mol. The summed E-state index contributed by atoms with van der Waals surface area (Å²) in [6.07, 6.45) is 1.04. The van der Waals surface area contributed by atoms with Crippen molar-refractivity contribution in [1.82, 2.24) is 15.2 Å². The minimum Gasteiger partial charge on any atom is -0.354 e. The summed E-state index contributed by atoms with van der Waals surface area (Å²) in [5, 5.41) is 5.28. The number of benzene rings is 1. The summed E-state index contributed by atoms with van der Waals surface area (Å²) >= 11 is 1.83. The van der Waals surface area contributed by atoms with Crippen molar-refractivity contribution < 1.29 is 9.59 Å². The molecule has 4 rings (SSSR count). The van der Waals surface area contributed by atoms with Gasteiger partial charge in [-0.3, -0.25) is 14.5 Å². The van der Waals surface area contributed by atoms with Gasteiger partial charge in [-0.25, -0.2) is 0 Å². The lowest BCUT2D eigenvalue weighted by molar-refractivity contribution is 0.0923. The van der Waals surface area contributed by atoms with E-state index in [2.05, 4.69) is 38.8 Å². The zero-order chi connectivity index (χ0) is 21.3. The van der Waals surface area contributed by atoms with Crippen LogP contribution in [0, 0.1) is 13.8 Å². The van der Waals surface area contributed by atoms with Crippen molar-refractivity contribution in [3.05, 3.63) is 80.3 Å². The van der Waals surface area contributed by atoms with Crippen LogP contribution in [0.5, 0.6) is 0 Å². The Morgan fingerprint density at radius 3 is 2.67 bits per heavy atom. The monoisotopic (exact) mass is 421 g/mol. The van der Waals surface area contributed by atoms with E-state index in [1.54, 1.807) is 0 Å². The van der Waals surface area contributed by atoms with Gasteiger partial charge in [0.1, 0.15) is 5.69 Å². The van der Waals surface area contributed by atoms with Gasteiger partial charge >= 0.3 is 0 Å². The average molecular weight is 422 g/mol. The van der Waals surface area contributed by atoms with Crippen LogP contribution in [0.1, 0.15) is 61.1 Å². The van der Waals surface area contributed by atoms with E-state index in [-0.39, 0.29) is 17.7 Å². The number of aromatic nitrogens is 1. The number of ketones is 1. The summed E-state index contributed by atoms with van der Waals surface area (Å²) in [6, 6.07) is 12.6. The number of nitrogens with zero attached hydrogens (tertiary/aromatic N) is 1. The molecule has 0 unspecified atom stereocenters. The molecule has 5 nitrogen and oxygen atoms in total. The Bertz CT molecular complexity index is 1070. The predicted molar refractivity (Wildman–Crippen MR) is 120 cm³/mol. The quantitative estimate of drug-likeness (QED) is 0.579. The number of rotatable bonds is 6. The predicted octanol–water partition coefficient (Wildman–Crippen LogP) is 4.43. The number of carbonyl (C=O) groups is 2. The molecule has 2 aromatic heterocycles. The molecule has 1 aliphatic heterocycles. The summed E-state index contributed by atoms with van der Waals surface area (Å²) < 4.78 is 0. The van der Waals surface area contributed by atoms with Crippen molar-refractivity contribution in [3.63, 3.8) is 0 Å². The van der Waals surface area contributed by atoms with E-state index in [9.17, 15) is 9.59 Å². The molecule has 1 atom stereocenters. The Balaban J connectivity index is 1.54. The molecule has 6 heteroatoms. The van der Waals surface area contributed by atoms with Crippen molar-refractivity contribution in [2.75, 3.05) is 13.1 Å². The van der Waals surface area contributed by atoms with Crippen molar-refractivity contribution in [3.8, 4) is 0 Å². The van der Waals surface area contributed by atoms with Gasteiger partial charge in [0.15, 0.2) is 5.78 Å². The number of hydrogen-bond acceptors (Lipinski definition) is 4. The minimum absolute atomic E-state index is 0.0256. The lowest BCUT2D eigenvalue weighted by Gasteiger charge is -2.35. The first-order valence-corrected chi connectivity index (χ1v) is 11.2. The summed E-state index contributed by atoms with van der Waals surface area (Å²) in [7, 11) is 0. The van der Waals surface area contributed by atoms with Gasteiger partial charge in [0, 0.05) is 35.8 Å². The van der Waals surface area contributed by atoms with Crippen LogP contribution in [0.15, 0.2) is 41.8 Å². The van der Waals surface area contributed by atoms with E-state index in [1.807, 2.05) is 43.4 Å². The van der Waals surface area contributed by atoms with Crippen LogP contribution in [-0.2, 0) is 13.0 Å². The molecule has 0 radical (unpaired) electrons. The molecule has 0 saturated carbocycles. The molecule has 0 fully saturated rings. The van der Waals surface area contributed by atoms with E-state index < -0.39 is 0 Å². The van der Waals surface area contributed by atoms with E-state index in [0.717, 1.165) is 30.8 Å². The highest BCUT2D eigenvalue weighted by Crippen LogP contribution is 2.30. The molecule has 1 aromatic carbocycles. The Hall–Kier alpha value is -2.70. The van der Waals surface area contributed by atoms with E-state index in [0.29, 0.717) is 17.8 Å². The van der Waals surface area contributed by atoms with Crippen LogP contribution in [-0.4, -0.2) is 34.7 Å². The minimum atomic E-state index is -0.169. The fourth-order valence-electron chi connectivity index (χ4n) is 4.45. The van der Waals surface area contributed by atoms with Crippen LogP contribution < -0.4 is 5.32 Å². The number of aromatic amines is 1. The number of thiophene rings is 1. The normalized spacial score (nSPS) is 14.9. The summed E-state index contributed by atoms with van der Waals surface area (Å²) in [6.45, 7) is 7.56. The third-order valence-electron chi connectivity index (χ3n) is 5.93. The number of nitrogens with one attached hydrogen (secondary N) is 2. The summed E-state index contributed by atoms with van der Waals surface area (Å²) in [5.74, 6) is -0.195. The maximum Gasteiger partial charge on any atom is 0.268 e. The first-order chi connectivity index (χ1) is 14.5. The lowest BCUT2D eigenvalue weighted by atomic mass is 10.0. The van der Waals surface area contributed by atoms with Crippen molar-refractivity contribution in [2.45, 2.75) is 39.8 Å². The fourth-order valence-corrected chi connectivity index (χ4v) is 5.34. The molecule has 1 amide bonds. The first-order valence-electron chi connectivity index (χ1n) is 10.3. The van der Waals surface area contributed by atoms with E-state index in [4.69, 9.17) is 0 Å². The van der Waals surface area contributed by atoms with Gasteiger partial charge in [-0.05, 0) is 55.3 Å². The molecule has 0 spiro atoms. The van der Waals surface area contributed by atoms with Crippen molar-refractivity contribution in [1.29, 1.82) is 0 Å². The summed E-state index contributed by atoms with van der Waals surface area (Å²) in [5.41, 5.74) is 5.13. The second kappa shape index (κ2) is 8.58. The number of aryl methyl sites for hydroxylation is 1. The molecule has 2 N–H and O–H groups in total. The molecule has 0 bridgehead atoms. The third-order valence-corrected chi connectivity index (χ3v) is 6.96. The SMILES string of the molecule is CC(=O)c1c(C)[nH]c(C(=O)NC[C@H](c2ccccc2)N2CCc3sccc3C2)c1C. The zero-order valence-corrected chi connectivity index (χ0v) is 18.4. The van der Waals surface area contributed by atoms with Crippen LogP contribution in [0.3, 0.4) is 0 Å². The van der Waals surface area contributed by atoms with Gasteiger partial charge in [0.2, 0.25) is 0 Å². The fraction of sp³-hybridized carbons (Fsp3) is 0.333. The lowest BCUT2D eigenvalue weighted by Crippen LogP contribution is -2.40. The number of Topliss-reactive ketones (excluding diaryl/α,β-unsaturated/α-hetero) is 1. The van der Waals surface area contributed by atoms with Gasteiger partial charge in [-0.1, -0.05) is 30.3 Å². The number of hydrogen-bond donors (Lipinski definition) is 2. The Kier molecular flexibility index (Phi) is 5.88. The molecule has 3 aromatic rings. The summed E-state index contributed by atoms with van der Waals surface area (Å²) in [4.78, 5) is 31.9. The van der Waals surface area contributed by atoms with Gasteiger partial charge in [0.05, 0.1) is 6.04 Å². The van der Waals surface area contributed by atoms with Crippen molar-refractivity contribution >= 4 is 23.0 Å². The Morgan fingerprint density at radius 1 is 1.20 bits per heavy atom. The topological polar surface area (TPSA) is 65.2 Å². The van der Waals surface area contributed by atoms with Crippen molar-refractivity contribution in [2.24, 2.45) is 0 Å². The molecule has 156 valence electrons. The third kappa shape index (κ3) is 3.98. The van der Waals surface area contributed by atoms with Gasteiger partial charge < -0.3 is 10.3 Å². The zero-order valence-electron chi connectivity index (χ0n) is 17.6. The second-order valence-electron chi connectivity index (χ2n) is 7.91. The Morgan fingerprint density at radius 2 is 1.97 bits per heavy atom. The molecule has 3 heterocycles. The highest BCUT2D eigenvalue weighted by molar-refractivity contribution is 7.10. The van der Waals surface area contributed by atoms with E-state index in [1.165, 1.54) is 22.9 Å². The molecular formula is C24H27N3O2S. The standard InChI is InChI=1S/C24H27N3O2S/c1-15-22(17(3)28)16(2)26-23(15)24(29)25-13-20(18-7-5-4-6-8-18)27-11-9-21-19(14-27)10-12-30-21/h4-8,10,12,20,26H,9,11,13-14H2,1-3H3,(H,25,29)/t20-/m1/s1. The number of H-pyrrole nitrogens is 1. The van der Waals surface area contributed by atoms with Crippen LogP contribution in [0.25, 0.3) is 0 Å². The van der Waals surface area contributed by atoms with Gasteiger partial charge in [0.25, 0.3) is 5.91 Å². The largest absolute Gasteiger partial charge is 0.354 e. The number of carbonyl (C=O) groups excluding carboxylic acids is 2. The number of fused-ring (bicyclic) bond motifs is 1. The molecule has 30 heavy (non-hydrogen) atoms. The average Bonchev–Trinajstić information content (AvgIpc) is 3.32. The van der Waals surface area contributed by atoms with Gasteiger partial charge in [-0.2, -0.15) is 0 Å². The number of amides is 1. The highest BCUT2D eigenvalue weighted by atomic mass is 32.1. The molecule has 0 saturated heterocycles. The molecule has 1 aliphatic rings. The van der Waals surface area contributed by atoms with Crippen LogP contribution >= 0.6 is 11.3 Å². The Labute approximate surface area is 181 Å². The van der Waals surface area contributed by atoms with Crippen LogP contribution in [0.2, 0.25) is 0 Å².